The fourth-order valence-corrected chi connectivity index (χ4v) is 3.78. The molecule has 160 valence electrons. The number of carbonyl (C=O) groups is 2. The average molecular weight is 439 g/mol. The van der Waals surface area contributed by atoms with Crippen molar-refractivity contribution in [2.24, 2.45) is 0 Å². The summed E-state index contributed by atoms with van der Waals surface area (Å²) in [5.74, 6) is 1.26. The lowest BCUT2D eigenvalue weighted by Crippen LogP contribution is -2.32. The molecule has 8 heteroatoms. The number of nitrogens with zero attached hydrogens (tertiary/aromatic N) is 2. The van der Waals surface area contributed by atoms with Gasteiger partial charge in [-0.1, -0.05) is 18.2 Å². The molecule has 0 aliphatic carbocycles. The van der Waals surface area contributed by atoms with Crippen LogP contribution in [0.4, 0.5) is 4.79 Å². The second-order valence-electron chi connectivity index (χ2n) is 6.58. The summed E-state index contributed by atoms with van der Waals surface area (Å²) in [4.78, 5) is 26.5. The normalized spacial score (nSPS) is 14.6. The molecule has 0 aromatic heterocycles. The maximum Gasteiger partial charge on any atom is 0.293 e. The standard InChI is InChI=1S/C23H22N2O5S/c1-3-28-20-14-17(7-8-19(20)30-11-9-24)15-21-22(26)25(23(27)31-21)10-12-29-18-6-4-5-16(2)13-18/h4-8,13-15H,3,10-12H2,1-2H3/b21-15-. The van der Waals surface area contributed by atoms with Gasteiger partial charge in [-0.3, -0.25) is 14.5 Å². The Balaban J connectivity index is 1.67. The second-order valence-corrected chi connectivity index (χ2v) is 7.58. The first kappa shape index (κ1) is 22.2. The number of rotatable bonds is 9. The molecule has 1 saturated heterocycles. The van der Waals surface area contributed by atoms with Gasteiger partial charge in [0.25, 0.3) is 11.1 Å². The van der Waals surface area contributed by atoms with E-state index in [-0.39, 0.29) is 30.9 Å². The first-order valence-electron chi connectivity index (χ1n) is 9.73. The van der Waals surface area contributed by atoms with E-state index in [1.54, 1.807) is 24.3 Å². The molecule has 2 aromatic rings. The van der Waals surface area contributed by atoms with Crippen molar-refractivity contribution in [1.29, 1.82) is 5.26 Å². The summed E-state index contributed by atoms with van der Waals surface area (Å²) < 4.78 is 16.6. The highest BCUT2D eigenvalue weighted by Crippen LogP contribution is 2.34. The minimum atomic E-state index is -0.356. The van der Waals surface area contributed by atoms with Crippen LogP contribution in [0.25, 0.3) is 6.08 Å². The van der Waals surface area contributed by atoms with Crippen LogP contribution in [-0.4, -0.2) is 42.4 Å². The zero-order chi connectivity index (χ0) is 22.2. The third-order valence-electron chi connectivity index (χ3n) is 4.30. The number of imide groups is 1. The average Bonchev–Trinajstić information content (AvgIpc) is 3.01. The Morgan fingerprint density at radius 3 is 2.68 bits per heavy atom. The predicted octanol–water partition coefficient (Wildman–Crippen LogP) is 4.41. The van der Waals surface area contributed by atoms with Crippen LogP contribution in [-0.2, 0) is 4.79 Å². The second kappa shape index (κ2) is 10.5. The van der Waals surface area contributed by atoms with E-state index in [1.807, 2.05) is 44.2 Å². The molecule has 0 saturated carbocycles. The Labute approximate surface area is 185 Å². The van der Waals surface area contributed by atoms with E-state index in [0.29, 0.717) is 34.3 Å². The van der Waals surface area contributed by atoms with Crippen molar-refractivity contribution >= 4 is 29.0 Å². The van der Waals surface area contributed by atoms with Crippen molar-refractivity contribution in [3.05, 3.63) is 58.5 Å². The molecule has 0 N–H and O–H groups in total. The Bertz CT molecular complexity index is 1040. The van der Waals surface area contributed by atoms with Crippen LogP contribution in [0, 0.1) is 18.3 Å². The van der Waals surface area contributed by atoms with Crippen molar-refractivity contribution in [2.45, 2.75) is 13.8 Å². The summed E-state index contributed by atoms with van der Waals surface area (Å²) in [6.07, 6.45) is 1.64. The van der Waals surface area contributed by atoms with Crippen molar-refractivity contribution in [1.82, 2.24) is 4.90 Å². The molecule has 0 unspecified atom stereocenters. The highest BCUT2D eigenvalue weighted by Gasteiger charge is 2.34. The van der Waals surface area contributed by atoms with Crippen molar-refractivity contribution in [3.63, 3.8) is 0 Å². The third kappa shape index (κ3) is 5.80. The molecule has 1 aliphatic heterocycles. The highest BCUT2D eigenvalue weighted by atomic mass is 32.2. The fourth-order valence-electron chi connectivity index (χ4n) is 2.92. The van der Waals surface area contributed by atoms with Crippen LogP contribution in [0.5, 0.6) is 17.2 Å². The topological polar surface area (TPSA) is 88.9 Å². The Kier molecular flexibility index (Phi) is 7.57. The monoisotopic (exact) mass is 438 g/mol. The van der Waals surface area contributed by atoms with Gasteiger partial charge in [-0.25, -0.2) is 0 Å². The first-order valence-corrected chi connectivity index (χ1v) is 10.5. The summed E-state index contributed by atoms with van der Waals surface area (Å²) in [5.41, 5.74) is 1.76. The maximum atomic E-state index is 12.7. The zero-order valence-corrected chi connectivity index (χ0v) is 18.1. The minimum absolute atomic E-state index is 0.0943. The number of benzene rings is 2. The lowest BCUT2D eigenvalue weighted by atomic mass is 10.2. The molecule has 2 amide bonds. The van der Waals surface area contributed by atoms with Crippen molar-refractivity contribution in [2.75, 3.05) is 26.4 Å². The molecule has 1 fully saturated rings. The van der Waals surface area contributed by atoms with Crippen LogP contribution in [0.15, 0.2) is 47.4 Å². The molecule has 0 atom stereocenters. The molecule has 1 aliphatic rings. The quantitative estimate of drug-likeness (QED) is 0.536. The van der Waals surface area contributed by atoms with Crippen LogP contribution in [0.3, 0.4) is 0 Å². The van der Waals surface area contributed by atoms with Gasteiger partial charge in [-0.2, -0.15) is 5.26 Å². The molecular weight excluding hydrogens is 416 g/mol. The van der Waals surface area contributed by atoms with Gasteiger partial charge in [0, 0.05) is 0 Å². The number of hydrogen-bond donors (Lipinski definition) is 0. The van der Waals surface area contributed by atoms with Crippen molar-refractivity contribution in [3.8, 4) is 23.3 Å². The molecule has 31 heavy (non-hydrogen) atoms. The number of aryl methyl sites for hydroxylation is 1. The van der Waals surface area contributed by atoms with E-state index in [2.05, 4.69) is 0 Å². The van der Waals surface area contributed by atoms with Crippen LogP contribution in [0.2, 0.25) is 0 Å². The molecule has 2 aromatic carbocycles. The van der Waals surface area contributed by atoms with E-state index < -0.39 is 0 Å². The summed E-state index contributed by atoms with van der Waals surface area (Å²) in [5, 5.41) is 8.37. The van der Waals surface area contributed by atoms with E-state index in [9.17, 15) is 9.59 Å². The van der Waals surface area contributed by atoms with Crippen LogP contribution in [0.1, 0.15) is 18.1 Å². The molecule has 0 spiro atoms. The smallest absolute Gasteiger partial charge is 0.293 e. The van der Waals surface area contributed by atoms with E-state index >= 15 is 0 Å². The van der Waals surface area contributed by atoms with Crippen LogP contribution < -0.4 is 14.2 Å². The molecular formula is C23H22N2O5S. The Hall–Kier alpha value is -3.44. The lowest BCUT2D eigenvalue weighted by molar-refractivity contribution is -0.123. The number of ether oxygens (including phenoxy) is 3. The van der Waals surface area contributed by atoms with Crippen molar-refractivity contribution < 1.29 is 23.8 Å². The predicted molar refractivity (Wildman–Crippen MR) is 118 cm³/mol. The van der Waals surface area contributed by atoms with Gasteiger partial charge in [-0.05, 0) is 67.1 Å². The lowest BCUT2D eigenvalue weighted by Gasteiger charge is -2.13. The summed E-state index contributed by atoms with van der Waals surface area (Å²) in [6, 6.07) is 14.6. The number of nitriles is 1. The largest absolute Gasteiger partial charge is 0.492 e. The summed E-state index contributed by atoms with van der Waals surface area (Å²) >= 11 is 0.890. The molecule has 1 heterocycles. The molecule has 0 bridgehead atoms. The number of hydrogen-bond acceptors (Lipinski definition) is 7. The first-order chi connectivity index (χ1) is 15.0. The molecule has 7 nitrogen and oxygen atoms in total. The number of carbonyl (C=O) groups excluding carboxylic acids is 2. The fraction of sp³-hybridized carbons (Fsp3) is 0.261. The zero-order valence-electron chi connectivity index (χ0n) is 17.3. The van der Waals surface area contributed by atoms with Gasteiger partial charge in [0.15, 0.2) is 18.1 Å². The van der Waals surface area contributed by atoms with Gasteiger partial charge in [0.1, 0.15) is 18.4 Å². The van der Waals surface area contributed by atoms with Gasteiger partial charge < -0.3 is 14.2 Å². The minimum Gasteiger partial charge on any atom is -0.492 e. The highest BCUT2D eigenvalue weighted by molar-refractivity contribution is 8.18. The van der Waals surface area contributed by atoms with Crippen LogP contribution >= 0.6 is 11.8 Å². The SMILES string of the molecule is CCOc1cc(/C=C2\SC(=O)N(CCOc3cccc(C)c3)C2=O)ccc1OCC#N. The summed E-state index contributed by atoms with van der Waals surface area (Å²) in [7, 11) is 0. The number of thioether (sulfide) groups is 1. The van der Waals surface area contributed by atoms with Gasteiger partial charge >= 0.3 is 0 Å². The maximum absolute atomic E-state index is 12.7. The van der Waals surface area contributed by atoms with E-state index in [1.165, 1.54) is 4.90 Å². The Morgan fingerprint density at radius 1 is 1.10 bits per heavy atom. The van der Waals surface area contributed by atoms with Gasteiger partial charge in [0.2, 0.25) is 0 Å². The Morgan fingerprint density at radius 2 is 1.94 bits per heavy atom. The molecule has 0 radical (unpaired) electrons. The third-order valence-corrected chi connectivity index (χ3v) is 5.21. The van der Waals surface area contributed by atoms with Gasteiger partial charge in [0.05, 0.1) is 18.1 Å². The molecule has 3 rings (SSSR count). The summed E-state index contributed by atoms with van der Waals surface area (Å²) in [6.45, 7) is 4.51. The van der Waals surface area contributed by atoms with E-state index in [4.69, 9.17) is 19.5 Å². The number of amides is 2. The van der Waals surface area contributed by atoms with Gasteiger partial charge in [-0.15, -0.1) is 0 Å². The van der Waals surface area contributed by atoms with E-state index in [0.717, 1.165) is 17.3 Å².